The molecule has 0 aromatic carbocycles. The van der Waals surface area contributed by atoms with E-state index in [-0.39, 0.29) is 17.3 Å². The minimum Gasteiger partial charge on any atom is -0.467 e. The number of hydrogen-bond acceptors (Lipinski definition) is 6. The molecular weight excluding hydrogens is 220 g/mol. The van der Waals surface area contributed by atoms with Gasteiger partial charge in [0.1, 0.15) is 6.61 Å². The van der Waals surface area contributed by atoms with Crippen molar-refractivity contribution < 1.29 is 9.47 Å². The zero-order valence-electron chi connectivity index (χ0n) is 8.66. The minimum absolute atomic E-state index is 0.0558. The van der Waals surface area contributed by atoms with Crippen molar-refractivity contribution in [2.75, 3.05) is 26.8 Å². The lowest BCUT2D eigenvalue weighted by Gasteiger charge is -2.05. The van der Waals surface area contributed by atoms with E-state index >= 15 is 0 Å². The van der Waals surface area contributed by atoms with Gasteiger partial charge in [-0.15, -0.1) is 4.98 Å². The van der Waals surface area contributed by atoms with Gasteiger partial charge in [0, 0.05) is 6.54 Å². The van der Waals surface area contributed by atoms with Crippen molar-refractivity contribution in [3.8, 4) is 12.0 Å². The van der Waals surface area contributed by atoms with Crippen LogP contribution < -0.4 is 14.8 Å². The molecule has 0 amide bonds. The molecule has 1 aromatic rings. The highest BCUT2D eigenvalue weighted by Crippen LogP contribution is 2.11. The van der Waals surface area contributed by atoms with E-state index in [4.69, 9.17) is 21.1 Å². The molecule has 0 atom stereocenters. The van der Waals surface area contributed by atoms with Crippen LogP contribution in [-0.4, -0.2) is 41.8 Å². The second kappa shape index (κ2) is 6.36. The summed E-state index contributed by atoms with van der Waals surface area (Å²) in [6.45, 7) is 4.10. The van der Waals surface area contributed by atoms with E-state index in [0.29, 0.717) is 6.61 Å². The lowest BCUT2D eigenvalue weighted by molar-refractivity contribution is 0.280. The Kier molecular flexibility index (Phi) is 5.06. The summed E-state index contributed by atoms with van der Waals surface area (Å²) >= 11 is 5.63. The van der Waals surface area contributed by atoms with Crippen LogP contribution in [-0.2, 0) is 0 Å². The number of nitrogens with one attached hydrogen (secondary N) is 1. The van der Waals surface area contributed by atoms with Crippen LogP contribution in [0.3, 0.4) is 0 Å². The molecule has 6 nitrogen and oxygen atoms in total. The third-order valence-corrected chi connectivity index (χ3v) is 1.68. The molecule has 0 bridgehead atoms. The van der Waals surface area contributed by atoms with Crippen LogP contribution in [0.15, 0.2) is 0 Å². The van der Waals surface area contributed by atoms with E-state index in [1.165, 1.54) is 7.11 Å². The number of ether oxygens (including phenoxy) is 2. The monoisotopic (exact) mass is 232 g/mol. The van der Waals surface area contributed by atoms with Gasteiger partial charge in [-0.1, -0.05) is 6.92 Å². The molecule has 15 heavy (non-hydrogen) atoms. The van der Waals surface area contributed by atoms with Crippen LogP contribution >= 0.6 is 11.6 Å². The Morgan fingerprint density at radius 2 is 2.00 bits per heavy atom. The van der Waals surface area contributed by atoms with Crippen molar-refractivity contribution in [2.24, 2.45) is 0 Å². The highest BCUT2D eigenvalue weighted by atomic mass is 35.5. The van der Waals surface area contributed by atoms with E-state index in [9.17, 15) is 0 Å². The maximum absolute atomic E-state index is 5.63. The normalized spacial score (nSPS) is 10.1. The molecule has 0 unspecified atom stereocenters. The molecule has 1 heterocycles. The number of rotatable bonds is 6. The fourth-order valence-electron chi connectivity index (χ4n) is 0.862. The molecule has 0 fully saturated rings. The molecule has 1 aromatic heterocycles. The van der Waals surface area contributed by atoms with Gasteiger partial charge in [0.15, 0.2) is 0 Å². The van der Waals surface area contributed by atoms with E-state index in [1.807, 2.05) is 6.92 Å². The van der Waals surface area contributed by atoms with Crippen molar-refractivity contribution >= 4 is 11.6 Å². The predicted octanol–water partition coefficient (Wildman–Crippen LogP) is 0.522. The van der Waals surface area contributed by atoms with Gasteiger partial charge in [-0.05, 0) is 18.1 Å². The Balaban J connectivity index is 2.49. The van der Waals surface area contributed by atoms with Gasteiger partial charge in [-0.2, -0.15) is 9.97 Å². The van der Waals surface area contributed by atoms with Gasteiger partial charge in [-0.25, -0.2) is 0 Å². The largest absolute Gasteiger partial charge is 0.467 e. The average Bonchev–Trinajstić information content (AvgIpc) is 2.23. The van der Waals surface area contributed by atoms with Crippen molar-refractivity contribution in [2.45, 2.75) is 6.92 Å². The smallest absolute Gasteiger partial charge is 0.323 e. The van der Waals surface area contributed by atoms with Crippen LogP contribution in [0.25, 0.3) is 0 Å². The Bertz CT molecular complexity index is 311. The third-order valence-electron chi connectivity index (χ3n) is 1.51. The lowest BCUT2D eigenvalue weighted by atomic mass is 10.6. The maximum atomic E-state index is 5.63. The highest BCUT2D eigenvalue weighted by molar-refractivity contribution is 6.28. The average molecular weight is 233 g/mol. The number of likely N-dealkylation sites (N-methyl/N-ethyl adjacent to an activating group) is 1. The Morgan fingerprint density at radius 1 is 1.27 bits per heavy atom. The standard InChI is InChI=1S/C8H13ClN4O2/c1-3-10-4-5-15-8-12-6(9)11-7(13-8)14-2/h10H,3-5H2,1-2H3. The van der Waals surface area contributed by atoms with Crippen molar-refractivity contribution in [1.29, 1.82) is 0 Å². The van der Waals surface area contributed by atoms with Crippen LogP contribution in [0.4, 0.5) is 0 Å². The Morgan fingerprint density at radius 3 is 2.67 bits per heavy atom. The van der Waals surface area contributed by atoms with Crippen molar-refractivity contribution in [1.82, 2.24) is 20.3 Å². The minimum atomic E-state index is 0.0558. The van der Waals surface area contributed by atoms with Crippen LogP contribution in [0.1, 0.15) is 6.92 Å². The van der Waals surface area contributed by atoms with Gasteiger partial charge in [0.25, 0.3) is 0 Å². The van der Waals surface area contributed by atoms with E-state index in [1.54, 1.807) is 0 Å². The third kappa shape index (κ3) is 4.26. The summed E-state index contributed by atoms with van der Waals surface area (Å²) in [5.41, 5.74) is 0. The molecule has 1 N–H and O–H groups in total. The molecule has 0 radical (unpaired) electrons. The first-order chi connectivity index (χ1) is 7.26. The summed E-state index contributed by atoms with van der Waals surface area (Å²) in [6, 6.07) is 0.318. The highest BCUT2D eigenvalue weighted by Gasteiger charge is 2.05. The molecule has 0 saturated carbocycles. The number of aromatic nitrogens is 3. The zero-order chi connectivity index (χ0) is 11.1. The van der Waals surface area contributed by atoms with Crippen LogP contribution in [0, 0.1) is 0 Å². The summed E-state index contributed by atoms with van der Waals surface area (Å²) in [6.07, 6.45) is 0. The molecule has 0 aliphatic heterocycles. The first-order valence-electron chi connectivity index (χ1n) is 4.55. The van der Waals surface area contributed by atoms with E-state index in [0.717, 1.165) is 13.1 Å². The van der Waals surface area contributed by atoms with Crippen molar-refractivity contribution in [3.05, 3.63) is 5.28 Å². The molecule has 84 valence electrons. The lowest BCUT2D eigenvalue weighted by Crippen LogP contribution is -2.21. The van der Waals surface area contributed by atoms with Gasteiger partial charge in [-0.3, -0.25) is 0 Å². The summed E-state index contributed by atoms with van der Waals surface area (Å²) in [5, 5.41) is 3.16. The van der Waals surface area contributed by atoms with E-state index < -0.39 is 0 Å². The fourth-order valence-corrected chi connectivity index (χ4v) is 1.01. The van der Waals surface area contributed by atoms with Gasteiger partial charge in [0.2, 0.25) is 5.28 Å². The Labute approximate surface area is 93.0 Å². The quantitative estimate of drug-likeness (QED) is 0.722. The molecule has 1 rings (SSSR count). The second-order valence-electron chi connectivity index (χ2n) is 2.58. The topological polar surface area (TPSA) is 69.2 Å². The summed E-state index contributed by atoms with van der Waals surface area (Å²) < 4.78 is 10.1. The Hall–Kier alpha value is -1.14. The first kappa shape index (κ1) is 11.9. The van der Waals surface area contributed by atoms with Gasteiger partial charge in [0.05, 0.1) is 7.11 Å². The maximum Gasteiger partial charge on any atom is 0.323 e. The van der Waals surface area contributed by atoms with Gasteiger partial charge >= 0.3 is 12.0 Å². The summed E-state index contributed by atoms with van der Waals surface area (Å²) in [5.74, 6) is 0. The first-order valence-corrected chi connectivity index (χ1v) is 4.93. The summed E-state index contributed by atoms with van der Waals surface area (Å²) in [4.78, 5) is 11.4. The molecular formula is C8H13ClN4O2. The van der Waals surface area contributed by atoms with E-state index in [2.05, 4.69) is 20.3 Å². The van der Waals surface area contributed by atoms with Crippen LogP contribution in [0.5, 0.6) is 12.0 Å². The molecule has 7 heteroatoms. The van der Waals surface area contributed by atoms with Crippen molar-refractivity contribution in [3.63, 3.8) is 0 Å². The number of nitrogens with zero attached hydrogens (tertiary/aromatic N) is 3. The summed E-state index contributed by atoms with van der Waals surface area (Å²) in [7, 11) is 1.45. The molecule has 0 aliphatic carbocycles. The molecule has 0 aliphatic rings. The SMILES string of the molecule is CCNCCOc1nc(Cl)nc(OC)n1. The molecule has 0 saturated heterocycles. The van der Waals surface area contributed by atoms with Crippen LogP contribution in [0.2, 0.25) is 5.28 Å². The number of methoxy groups -OCH3 is 1. The molecule has 0 spiro atoms. The predicted molar refractivity (Wildman–Crippen MR) is 55.4 cm³/mol. The number of halogens is 1. The second-order valence-corrected chi connectivity index (χ2v) is 2.91. The fraction of sp³-hybridized carbons (Fsp3) is 0.625. The zero-order valence-corrected chi connectivity index (χ0v) is 9.41. The number of hydrogen-bond donors (Lipinski definition) is 1. The van der Waals surface area contributed by atoms with Gasteiger partial charge < -0.3 is 14.8 Å².